The molecule has 3 rings (SSSR count). The summed E-state index contributed by atoms with van der Waals surface area (Å²) in [5.41, 5.74) is 0. The molecule has 188 valence electrons. The van der Waals surface area contributed by atoms with Crippen molar-refractivity contribution in [3.63, 3.8) is 0 Å². The van der Waals surface area contributed by atoms with Gasteiger partial charge in [-0.25, -0.2) is 0 Å². The van der Waals surface area contributed by atoms with Gasteiger partial charge in [0.25, 0.3) is 0 Å². The maximum Gasteiger partial charge on any atom is 0.187 e. The minimum atomic E-state index is -1.75. The molecule has 3 heterocycles. The van der Waals surface area contributed by atoms with Crippen molar-refractivity contribution in [3.05, 3.63) is 0 Å². The highest BCUT2D eigenvalue weighted by Gasteiger charge is 2.52. The number of rotatable bonds is 6. The second-order valence-electron chi connectivity index (χ2n) is 8.20. The highest BCUT2D eigenvalue weighted by molar-refractivity contribution is 4.95. The van der Waals surface area contributed by atoms with Crippen LogP contribution in [0.4, 0.5) is 0 Å². The molecule has 14 unspecified atom stereocenters. The van der Waals surface area contributed by atoms with E-state index < -0.39 is 99.0 Å². The Kier molecular flexibility index (Phi) is 8.79. The SMILES string of the molecule is CC1OC(OC2C(OC3C(CO)OCC(O)C3O)OC(CO)C(O)C2O)C(O)C(O)C1O. The Balaban J connectivity index is 1.82. The molecule has 3 aliphatic rings. The van der Waals surface area contributed by atoms with Crippen molar-refractivity contribution in [1.82, 2.24) is 0 Å². The molecule has 0 amide bonds. The zero-order valence-electron chi connectivity index (χ0n) is 17.3. The van der Waals surface area contributed by atoms with Crippen LogP contribution in [0, 0.1) is 0 Å². The van der Waals surface area contributed by atoms with Crippen molar-refractivity contribution >= 4 is 0 Å². The molecular weight excluding hydrogens is 440 g/mol. The Labute approximate surface area is 183 Å². The molecule has 3 saturated heterocycles. The zero-order chi connectivity index (χ0) is 23.7. The van der Waals surface area contributed by atoms with E-state index in [1.807, 2.05) is 0 Å². The van der Waals surface area contributed by atoms with Crippen LogP contribution in [-0.4, -0.2) is 152 Å². The van der Waals surface area contributed by atoms with Crippen molar-refractivity contribution in [2.45, 2.75) is 92.8 Å². The Hall–Kier alpha value is -0.560. The Morgan fingerprint density at radius 3 is 1.91 bits per heavy atom. The van der Waals surface area contributed by atoms with Gasteiger partial charge in [-0.1, -0.05) is 0 Å². The smallest absolute Gasteiger partial charge is 0.187 e. The fraction of sp³-hybridized carbons (Fsp3) is 1.00. The molecule has 3 aliphatic heterocycles. The molecule has 0 aromatic carbocycles. The standard InChI is InChI=1S/C18H32O14/c1-5-9(22)12(25)14(27)17(29-5)32-16-13(26)11(24)7(2-19)30-18(16)31-15-8(3-20)28-4-6(21)10(15)23/h5-27H,2-4H2,1H3. The summed E-state index contributed by atoms with van der Waals surface area (Å²) < 4.78 is 27.3. The van der Waals surface area contributed by atoms with Crippen LogP contribution in [0.25, 0.3) is 0 Å². The van der Waals surface area contributed by atoms with Crippen LogP contribution in [0.3, 0.4) is 0 Å². The summed E-state index contributed by atoms with van der Waals surface area (Å²) in [6.07, 6.45) is -20.5. The Morgan fingerprint density at radius 1 is 0.656 bits per heavy atom. The summed E-state index contributed by atoms with van der Waals surface area (Å²) in [4.78, 5) is 0. The third kappa shape index (κ3) is 5.08. The van der Waals surface area contributed by atoms with Gasteiger partial charge in [0.1, 0.15) is 67.1 Å². The number of aliphatic hydroxyl groups excluding tert-OH is 9. The first-order chi connectivity index (χ1) is 15.1. The third-order valence-electron chi connectivity index (χ3n) is 5.97. The third-order valence-corrected chi connectivity index (χ3v) is 5.97. The largest absolute Gasteiger partial charge is 0.394 e. The second-order valence-corrected chi connectivity index (χ2v) is 8.20. The molecule has 14 nitrogen and oxygen atoms in total. The lowest BCUT2D eigenvalue weighted by Gasteiger charge is -2.47. The lowest BCUT2D eigenvalue weighted by Crippen LogP contribution is -2.66. The topological polar surface area (TPSA) is 228 Å². The van der Waals surface area contributed by atoms with Gasteiger partial charge in [-0.3, -0.25) is 0 Å². The van der Waals surface area contributed by atoms with Gasteiger partial charge in [0.2, 0.25) is 0 Å². The summed E-state index contributed by atoms with van der Waals surface area (Å²) in [7, 11) is 0. The molecule has 0 aromatic heterocycles. The average Bonchev–Trinajstić information content (AvgIpc) is 2.78. The maximum absolute atomic E-state index is 10.6. The summed E-state index contributed by atoms with van der Waals surface area (Å²) >= 11 is 0. The van der Waals surface area contributed by atoms with E-state index in [2.05, 4.69) is 0 Å². The van der Waals surface area contributed by atoms with E-state index in [4.69, 9.17) is 23.7 Å². The van der Waals surface area contributed by atoms with E-state index in [1.54, 1.807) is 0 Å². The van der Waals surface area contributed by atoms with Gasteiger partial charge in [-0.15, -0.1) is 0 Å². The Morgan fingerprint density at radius 2 is 1.28 bits per heavy atom. The van der Waals surface area contributed by atoms with Crippen LogP contribution in [0.1, 0.15) is 6.92 Å². The van der Waals surface area contributed by atoms with Crippen molar-refractivity contribution in [3.8, 4) is 0 Å². The van der Waals surface area contributed by atoms with E-state index in [0.717, 1.165) is 0 Å². The predicted octanol–water partition coefficient (Wildman–Crippen LogP) is -5.86. The molecule has 0 radical (unpaired) electrons. The highest BCUT2D eigenvalue weighted by atomic mass is 16.8. The Bertz CT molecular complexity index is 594. The zero-order valence-corrected chi connectivity index (χ0v) is 17.3. The van der Waals surface area contributed by atoms with Crippen LogP contribution >= 0.6 is 0 Å². The average molecular weight is 472 g/mol. The van der Waals surface area contributed by atoms with Crippen molar-refractivity contribution in [1.29, 1.82) is 0 Å². The highest BCUT2D eigenvalue weighted by Crippen LogP contribution is 2.31. The fourth-order valence-electron chi connectivity index (χ4n) is 3.93. The van der Waals surface area contributed by atoms with Gasteiger partial charge in [0, 0.05) is 0 Å². The number of hydrogen-bond donors (Lipinski definition) is 9. The van der Waals surface area contributed by atoms with Crippen LogP contribution < -0.4 is 0 Å². The summed E-state index contributed by atoms with van der Waals surface area (Å²) in [5, 5.41) is 90.1. The first-order valence-electron chi connectivity index (χ1n) is 10.3. The molecule has 32 heavy (non-hydrogen) atoms. The van der Waals surface area contributed by atoms with E-state index in [9.17, 15) is 46.0 Å². The van der Waals surface area contributed by atoms with Gasteiger partial charge in [0.05, 0.1) is 25.9 Å². The lowest BCUT2D eigenvalue weighted by atomic mass is 9.96. The van der Waals surface area contributed by atoms with Crippen molar-refractivity contribution in [2.75, 3.05) is 19.8 Å². The summed E-state index contributed by atoms with van der Waals surface area (Å²) in [5.74, 6) is 0. The minimum Gasteiger partial charge on any atom is -0.394 e. The molecule has 0 aliphatic carbocycles. The van der Waals surface area contributed by atoms with Gasteiger partial charge in [-0.05, 0) is 6.92 Å². The van der Waals surface area contributed by atoms with E-state index in [1.165, 1.54) is 6.92 Å². The normalized spacial score (nSPS) is 52.7. The predicted molar refractivity (Wildman–Crippen MR) is 98.7 cm³/mol. The van der Waals surface area contributed by atoms with Crippen LogP contribution in [0.5, 0.6) is 0 Å². The van der Waals surface area contributed by atoms with Gasteiger partial charge >= 0.3 is 0 Å². The number of hydrogen-bond acceptors (Lipinski definition) is 14. The first kappa shape index (κ1) is 26.1. The quantitative estimate of drug-likeness (QED) is 0.175. The number of ether oxygens (including phenoxy) is 5. The molecule has 14 atom stereocenters. The second kappa shape index (κ2) is 10.8. The monoisotopic (exact) mass is 472 g/mol. The van der Waals surface area contributed by atoms with E-state index in [-0.39, 0.29) is 6.61 Å². The van der Waals surface area contributed by atoms with E-state index in [0.29, 0.717) is 0 Å². The fourth-order valence-corrected chi connectivity index (χ4v) is 3.93. The molecule has 0 saturated carbocycles. The maximum atomic E-state index is 10.6. The lowest BCUT2D eigenvalue weighted by molar-refractivity contribution is -0.379. The first-order valence-corrected chi connectivity index (χ1v) is 10.3. The molecule has 14 heteroatoms. The van der Waals surface area contributed by atoms with Crippen LogP contribution in [0.2, 0.25) is 0 Å². The molecule has 0 aromatic rings. The van der Waals surface area contributed by atoms with E-state index >= 15 is 0 Å². The number of aliphatic hydroxyl groups is 9. The van der Waals surface area contributed by atoms with Crippen molar-refractivity contribution in [2.24, 2.45) is 0 Å². The van der Waals surface area contributed by atoms with Crippen LogP contribution in [-0.2, 0) is 23.7 Å². The van der Waals surface area contributed by atoms with Gasteiger partial charge < -0.3 is 69.6 Å². The molecule has 9 N–H and O–H groups in total. The molecule has 0 spiro atoms. The summed E-state index contributed by atoms with van der Waals surface area (Å²) in [6.45, 7) is -0.158. The molecule has 3 fully saturated rings. The van der Waals surface area contributed by atoms with Gasteiger partial charge in [0.15, 0.2) is 12.6 Å². The summed E-state index contributed by atoms with van der Waals surface area (Å²) in [6, 6.07) is 0. The van der Waals surface area contributed by atoms with Crippen molar-refractivity contribution < 1.29 is 69.6 Å². The van der Waals surface area contributed by atoms with Crippen LogP contribution in [0.15, 0.2) is 0 Å². The molecule has 0 bridgehead atoms. The minimum absolute atomic E-state index is 0.265. The van der Waals surface area contributed by atoms with Gasteiger partial charge in [-0.2, -0.15) is 0 Å². The molecular formula is C18H32O14.